The first-order valence-electron chi connectivity index (χ1n) is 8.51. The van der Waals surface area contributed by atoms with Crippen molar-refractivity contribution in [3.8, 4) is 0 Å². The van der Waals surface area contributed by atoms with Crippen LogP contribution >= 0.6 is 11.6 Å². The molecule has 1 atom stereocenters. The highest BCUT2D eigenvalue weighted by molar-refractivity contribution is 6.30. The lowest BCUT2D eigenvalue weighted by Gasteiger charge is -2.16. The largest absolute Gasteiger partial charge is 0.449 e. The molecule has 0 fully saturated rings. The number of carbonyl (C=O) groups excluding carboxylic acids is 2. The molecule has 0 saturated carbocycles. The standard InChI is InChI=1S/C21H21ClFNO3/c1-13(2)16-6-4-5-7-19(16)24-21(26)14(3)27-20(25)11-9-15-8-10-18(23)17(22)12-15/h4-14H,1-3H3,(H,24,26)/b11-9+/t14-/m1/s1. The van der Waals surface area contributed by atoms with Gasteiger partial charge in [-0.05, 0) is 48.2 Å². The van der Waals surface area contributed by atoms with Gasteiger partial charge in [-0.2, -0.15) is 0 Å². The SMILES string of the molecule is CC(C)c1ccccc1NC(=O)[C@@H](C)OC(=O)/C=C/c1ccc(F)c(Cl)c1. The molecule has 27 heavy (non-hydrogen) atoms. The van der Waals surface area contributed by atoms with Gasteiger partial charge in [-0.1, -0.05) is 49.7 Å². The molecule has 2 aromatic rings. The van der Waals surface area contributed by atoms with Gasteiger partial charge >= 0.3 is 5.97 Å². The van der Waals surface area contributed by atoms with Crippen molar-refractivity contribution in [1.29, 1.82) is 0 Å². The summed E-state index contributed by atoms with van der Waals surface area (Å²) in [4.78, 5) is 24.2. The number of carbonyl (C=O) groups is 2. The van der Waals surface area contributed by atoms with E-state index in [9.17, 15) is 14.0 Å². The third-order valence-electron chi connectivity index (χ3n) is 3.86. The molecule has 4 nitrogen and oxygen atoms in total. The predicted molar refractivity (Wildman–Crippen MR) is 105 cm³/mol. The molecule has 0 heterocycles. The third kappa shape index (κ3) is 5.93. The number of para-hydroxylation sites is 1. The van der Waals surface area contributed by atoms with Gasteiger partial charge < -0.3 is 10.1 Å². The number of nitrogens with one attached hydrogen (secondary N) is 1. The van der Waals surface area contributed by atoms with Crippen molar-refractivity contribution in [2.75, 3.05) is 5.32 Å². The average molecular weight is 390 g/mol. The Morgan fingerprint density at radius 3 is 2.52 bits per heavy atom. The molecule has 1 N–H and O–H groups in total. The zero-order valence-electron chi connectivity index (χ0n) is 15.3. The maximum absolute atomic E-state index is 13.1. The van der Waals surface area contributed by atoms with Gasteiger partial charge in [0.2, 0.25) is 0 Å². The molecule has 2 rings (SSSR count). The van der Waals surface area contributed by atoms with E-state index >= 15 is 0 Å². The second-order valence-corrected chi connectivity index (χ2v) is 6.72. The summed E-state index contributed by atoms with van der Waals surface area (Å²) >= 11 is 5.69. The smallest absolute Gasteiger partial charge is 0.331 e. The van der Waals surface area contributed by atoms with E-state index in [1.165, 1.54) is 31.2 Å². The van der Waals surface area contributed by atoms with Crippen LogP contribution in [0.2, 0.25) is 5.02 Å². The Labute approximate surface area is 163 Å². The van der Waals surface area contributed by atoms with Crippen LogP contribution in [0, 0.1) is 5.82 Å². The number of esters is 1. The van der Waals surface area contributed by atoms with Crippen LogP contribution in [-0.2, 0) is 14.3 Å². The van der Waals surface area contributed by atoms with Gasteiger partial charge in [-0.3, -0.25) is 4.79 Å². The molecule has 0 aliphatic rings. The zero-order valence-corrected chi connectivity index (χ0v) is 16.1. The van der Waals surface area contributed by atoms with Crippen molar-refractivity contribution in [1.82, 2.24) is 0 Å². The summed E-state index contributed by atoms with van der Waals surface area (Å²) in [6.07, 6.45) is 1.63. The van der Waals surface area contributed by atoms with Gasteiger partial charge in [0, 0.05) is 11.8 Å². The highest BCUT2D eigenvalue weighted by Crippen LogP contribution is 2.24. The number of amides is 1. The van der Waals surface area contributed by atoms with E-state index < -0.39 is 23.8 Å². The third-order valence-corrected chi connectivity index (χ3v) is 4.15. The van der Waals surface area contributed by atoms with E-state index in [0.717, 1.165) is 11.6 Å². The minimum atomic E-state index is -0.973. The van der Waals surface area contributed by atoms with Crippen LogP contribution in [0.25, 0.3) is 6.08 Å². The lowest BCUT2D eigenvalue weighted by atomic mass is 10.0. The Balaban J connectivity index is 1.96. The highest BCUT2D eigenvalue weighted by atomic mass is 35.5. The predicted octanol–water partition coefficient (Wildman–Crippen LogP) is 5.19. The molecule has 6 heteroatoms. The van der Waals surface area contributed by atoms with E-state index in [2.05, 4.69) is 5.32 Å². The van der Waals surface area contributed by atoms with Gasteiger partial charge in [-0.25, -0.2) is 9.18 Å². The lowest BCUT2D eigenvalue weighted by molar-refractivity contribution is -0.148. The van der Waals surface area contributed by atoms with E-state index in [0.29, 0.717) is 11.3 Å². The van der Waals surface area contributed by atoms with Crippen molar-refractivity contribution in [2.45, 2.75) is 32.8 Å². The highest BCUT2D eigenvalue weighted by Gasteiger charge is 2.18. The van der Waals surface area contributed by atoms with Gasteiger partial charge in [0.25, 0.3) is 5.91 Å². The number of halogens is 2. The summed E-state index contributed by atoms with van der Waals surface area (Å²) in [6, 6.07) is 11.5. The van der Waals surface area contributed by atoms with Crippen LogP contribution in [0.15, 0.2) is 48.5 Å². The topological polar surface area (TPSA) is 55.4 Å². The maximum atomic E-state index is 13.1. The summed E-state index contributed by atoms with van der Waals surface area (Å²) in [6.45, 7) is 5.55. The Bertz CT molecular complexity index is 864. The van der Waals surface area contributed by atoms with Crippen LogP contribution in [0.1, 0.15) is 37.8 Å². The molecule has 0 spiro atoms. The zero-order chi connectivity index (χ0) is 20.0. The Morgan fingerprint density at radius 2 is 1.85 bits per heavy atom. The van der Waals surface area contributed by atoms with E-state index in [1.54, 1.807) is 6.07 Å². The van der Waals surface area contributed by atoms with Gasteiger partial charge in [0.15, 0.2) is 6.10 Å². The number of anilines is 1. The molecule has 2 aromatic carbocycles. The van der Waals surface area contributed by atoms with Crippen molar-refractivity contribution >= 4 is 35.2 Å². The quantitative estimate of drug-likeness (QED) is 0.546. The fourth-order valence-electron chi connectivity index (χ4n) is 2.40. The summed E-state index contributed by atoms with van der Waals surface area (Å²) < 4.78 is 18.2. The van der Waals surface area contributed by atoms with Gasteiger partial charge in [0.1, 0.15) is 5.82 Å². The van der Waals surface area contributed by atoms with Crippen molar-refractivity contribution < 1.29 is 18.7 Å². The monoisotopic (exact) mass is 389 g/mol. The van der Waals surface area contributed by atoms with Crippen LogP contribution in [0.5, 0.6) is 0 Å². The molecule has 0 radical (unpaired) electrons. The number of rotatable bonds is 6. The van der Waals surface area contributed by atoms with Crippen LogP contribution in [0.3, 0.4) is 0 Å². The summed E-state index contributed by atoms with van der Waals surface area (Å²) in [5.41, 5.74) is 2.23. The lowest BCUT2D eigenvalue weighted by Crippen LogP contribution is -2.29. The molecule has 0 saturated heterocycles. The van der Waals surface area contributed by atoms with E-state index in [4.69, 9.17) is 16.3 Å². The fourth-order valence-corrected chi connectivity index (χ4v) is 2.58. The summed E-state index contributed by atoms with van der Waals surface area (Å²) in [5, 5.41) is 2.75. The number of ether oxygens (including phenoxy) is 1. The van der Waals surface area contributed by atoms with E-state index in [1.807, 2.05) is 32.0 Å². The second-order valence-electron chi connectivity index (χ2n) is 6.32. The minimum Gasteiger partial charge on any atom is -0.449 e. The molecule has 0 bridgehead atoms. The average Bonchev–Trinajstić information content (AvgIpc) is 2.63. The Morgan fingerprint density at radius 1 is 1.15 bits per heavy atom. The Hall–Kier alpha value is -2.66. The molecule has 0 aliphatic carbocycles. The van der Waals surface area contributed by atoms with Crippen LogP contribution in [-0.4, -0.2) is 18.0 Å². The summed E-state index contributed by atoms with van der Waals surface area (Å²) in [5.74, 6) is -1.40. The molecule has 0 unspecified atom stereocenters. The minimum absolute atomic E-state index is 0.0397. The summed E-state index contributed by atoms with van der Waals surface area (Å²) in [7, 11) is 0. The van der Waals surface area contributed by atoms with Crippen LogP contribution < -0.4 is 5.32 Å². The normalized spacial score (nSPS) is 12.2. The van der Waals surface area contributed by atoms with Crippen molar-refractivity contribution in [3.63, 3.8) is 0 Å². The fraction of sp³-hybridized carbons (Fsp3) is 0.238. The second kappa shape index (κ2) is 9.33. The van der Waals surface area contributed by atoms with Crippen LogP contribution in [0.4, 0.5) is 10.1 Å². The van der Waals surface area contributed by atoms with Gasteiger partial charge in [-0.15, -0.1) is 0 Å². The number of benzene rings is 2. The maximum Gasteiger partial charge on any atom is 0.331 e. The molecule has 1 amide bonds. The molecular formula is C21H21ClFNO3. The molecule has 0 aliphatic heterocycles. The first-order chi connectivity index (χ1) is 12.8. The molecule has 0 aromatic heterocycles. The first kappa shape index (κ1) is 20.6. The molecular weight excluding hydrogens is 369 g/mol. The molecule has 142 valence electrons. The first-order valence-corrected chi connectivity index (χ1v) is 8.89. The Kier molecular flexibility index (Phi) is 7.13. The van der Waals surface area contributed by atoms with Crippen molar-refractivity contribution in [3.05, 3.63) is 70.5 Å². The number of hydrogen-bond acceptors (Lipinski definition) is 3. The van der Waals surface area contributed by atoms with Crippen molar-refractivity contribution in [2.24, 2.45) is 0 Å². The number of hydrogen-bond donors (Lipinski definition) is 1. The van der Waals surface area contributed by atoms with Gasteiger partial charge in [0.05, 0.1) is 5.02 Å². The van der Waals surface area contributed by atoms with E-state index in [-0.39, 0.29) is 10.9 Å².